The van der Waals surface area contributed by atoms with E-state index < -0.39 is 0 Å². The van der Waals surface area contributed by atoms with Crippen LogP contribution >= 0.6 is 0 Å². The topological polar surface area (TPSA) is 39.9 Å². The van der Waals surface area contributed by atoms with Gasteiger partial charge in [-0.25, -0.2) is 4.68 Å². The van der Waals surface area contributed by atoms with Gasteiger partial charge in [-0.05, 0) is 37.1 Å². The maximum Gasteiger partial charge on any atom is 0.119 e. The molecule has 0 saturated carbocycles. The van der Waals surface area contributed by atoms with Gasteiger partial charge < -0.3 is 4.74 Å². The molecular formula is C17H17N3O. The van der Waals surface area contributed by atoms with E-state index in [4.69, 9.17) is 4.74 Å². The zero-order valence-corrected chi connectivity index (χ0v) is 12.4. The van der Waals surface area contributed by atoms with Crippen molar-refractivity contribution in [3.8, 4) is 22.7 Å². The van der Waals surface area contributed by atoms with Crippen molar-refractivity contribution < 1.29 is 4.74 Å². The minimum atomic E-state index is 0.814. The van der Waals surface area contributed by atoms with Crippen molar-refractivity contribution >= 4 is 0 Å². The summed E-state index contributed by atoms with van der Waals surface area (Å²) < 4.78 is 7.08. The lowest BCUT2D eigenvalue weighted by Crippen LogP contribution is -2.00. The molecule has 0 spiro atoms. The van der Waals surface area contributed by atoms with Crippen LogP contribution in [-0.2, 0) is 0 Å². The first kappa shape index (κ1) is 13.4. The molecule has 0 bridgehead atoms. The Morgan fingerprint density at radius 3 is 2.43 bits per heavy atom. The third-order valence-corrected chi connectivity index (χ3v) is 3.53. The van der Waals surface area contributed by atoms with Gasteiger partial charge in [-0.1, -0.05) is 35.5 Å². The Labute approximate surface area is 124 Å². The number of hydrogen-bond acceptors (Lipinski definition) is 3. The maximum absolute atomic E-state index is 5.25. The van der Waals surface area contributed by atoms with E-state index in [1.807, 2.05) is 41.2 Å². The van der Waals surface area contributed by atoms with Gasteiger partial charge in [-0.3, -0.25) is 0 Å². The van der Waals surface area contributed by atoms with Crippen LogP contribution in [0.1, 0.15) is 11.1 Å². The van der Waals surface area contributed by atoms with Gasteiger partial charge in [-0.15, -0.1) is 5.10 Å². The molecule has 1 heterocycles. The Hall–Kier alpha value is -2.62. The van der Waals surface area contributed by atoms with Crippen molar-refractivity contribution in [2.75, 3.05) is 7.11 Å². The van der Waals surface area contributed by atoms with Crippen LogP contribution in [0.3, 0.4) is 0 Å². The summed E-state index contributed by atoms with van der Waals surface area (Å²) in [5, 5.41) is 8.54. The number of hydrogen-bond donors (Lipinski definition) is 0. The molecule has 0 radical (unpaired) electrons. The highest BCUT2D eigenvalue weighted by Gasteiger charge is 2.09. The summed E-state index contributed by atoms with van der Waals surface area (Å²) >= 11 is 0. The minimum Gasteiger partial charge on any atom is -0.497 e. The van der Waals surface area contributed by atoms with Crippen LogP contribution in [-0.4, -0.2) is 22.1 Å². The first-order valence-corrected chi connectivity index (χ1v) is 6.82. The molecule has 4 heteroatoms. The molecule has 0 aliphatic heterocycles. The second-order valence-corrected chi connectivity index (χ2v) is 5.02. The van der Waals surface area contributed by atoms with Crippen LogP contribution < -0.4 is 4.74 Å². The molecule has 3 aromatic rings. The molecule has 3 rings (SSSR count). The number of nitrogens with zero attached hydrogens (tertiary/aromatic N) is 3. The standard InChI is InChI=1S/C17H17N3O/c1-12-6-4-7-13(2)17(12)20-11-16(18-19-20)14-8-5-9-15(10-14)21-3/h4-11H,1-3H3. The lowest BCUT2D eigenvalue weighted by molar-refractivity contribution is 0.415. The average Bonchev–Trinajstić information content (AvgIpc) is 2.97. The molecule has 0 aliphatic carbocycles. The highest BCUT2D eigenvalue weighted by Crippen LogP contribution is 2.24. The second-order valence-electron chi connectivity index (χ2n) is 5.02. The van der Waals surface area contributed by atoms with E-state index >= 15 is 0 Å². The molecule has 21 heavy (non-hydrogen) atoms. The third kappa shape index (κ3) is 2.52. The van der Waals surface area contributed by atoms with E-state index in [9.17, 15) is 0 Å². The minimum absolute atomic E-state index is 0.814. The number of benzene rings is 2. The molecule has 0 amide bonds. The quantitative estimate of drug-likeness (QED) is 0.736. The van der Waals surface area contributed by atoms with Crippen molar-refractivity contribution in [1.29, 1.82) is 0 Å². The summed E-state index contributed by atoms with van der Waals surface area (Å²) in [6, 6.07) is 14.0. The highest BCUT2D eigenvalue weighted by molar-refractivity contribution is 5.61. The lowest BCUT2D eigenvalue weighted by atomic mass is 10.1. The Bertz CT molecular complexity index is 757. The largest absolute Gasteiger partial charge is 0.497 e. The molecule has 106 valence electrons. The van der Waals surface area contributed by atoms with Crippen LogP contribution in [0.5, 0.6) is 5.75 Å². The fourth-order valence-electron chi connectivity index (χ4n) is 2.45. The Morgan fingerprint density at radius 2 is 1.71 bits per heavy atom. The third-order valence-electron chi connectivity index (χ3n) is 3.53. The van der Waals surface area contributed by atoms with Gasteiger partial charge in [0, 0.05) is 5.56 Å². The van der Waals surface area contributed by atoms with E-state index in [0.29, 0.717) is 0 Å². The van der Waals surface area contributed by atoms with Crippen LogP contribution in [0.4, 0.5) is 0 Å². The fraction of sp³-hybridized carbons (Fsp3) is 0.176. The summed E-state index contributed by atoms with van der Waals surface area (Å²) in [6.45, 7) is 4.16. The van der Waals surface area contributed by atoms with Gasteiger partial charge in [-0.2, -0.15) is 0 Å². The smallest absolute Gasteiger partial charge is 0.119 e. The molecular weight excluding hydrogens is 262 g/mol. The summed E-state index contributed by atoms with van der Waals surface area (Å²) in [5.74, 6) is 0.814. The zero-order valence-electron chi connectivity index (χ0n) is 12.4. The van der Waals surface area contributed by atoms with Crippen molar-refractivity contribution in [2.45, 2.75) is 13.8 Å². The molecule has 0 aliphatic rings. The van der Waals surface area contributed by atoms with Crippen LogP contribution in [0.25, 0.3) is 16.9 Å². The van der Waals surface area contributed by atoms with Gasteiger partial charge in [0.05, 0.1) is 19.0 Å². The normalized spacial score (nSPS) is 10.6. The summed E-state index contributed by atoms with van der Waals surface area (Å²) in [7, 11) is 1.66. The van der Waals surface area contributed by atoms with E-state index in [0.717, 1.165) is 22.7 Å². The Balaban J connectivity index is 2.04. The van der Waals surface area contributed by atoms with Crippen molar-refractivity contribution in [2.24, 2.45) is 0 Å². The predicted octanol–water partition coefficient (Wildman–Crippen LogP) is 3.56. The van der Waals surface area contributed by atoms with Gasteiger partial charge in [0.2, 0.25) is 0 Å². The number of aryl methyl sites for hydroxylation is 2. The van der Waals surface area contributed by atoms with Crippen molar-refractivity contribution in [1.82, 2.24) is 15.0 Å². The number of methoxy groups -OCH3 is 1. The zero-order chi connectivity index (χ0) is 14.8. The molecule has 0 atom stereocenters. The van der Waals surface area contributed by atoms with Gasteiger partial charge in [0.15, 0.2) is 0 Å². The average molecular weight is 279 g/mol. The van der Waals surface area contributed by atoms with E-state index in [1.54, 1.807) is 7.11 Å². The summed E-state index contributed by atoms with van der Waals surface area (Å²) in [5.41, 5.74) is 5.26. The number of aromatic nitrogens is 3. The first-order valence-electron chi connectivity index (χ1n) is 6.82. The molecule has 2 aromatic carbocycles. The first-order chi connectivity index (χ1) is 10.2. The molecule has 0 unspecified atom stereocenters. The van der Waals surface area contributed by atoms with E-state index in [-0.39, 0.29) is 0 Å². The van der Waals surface area contributed by atoms with Crippen molar-refractivity contribution in [3.63, 3.8) is 0 Å². The highest BCUT2D eigenvalue weighted by atomic mass is 16.5. The molecule has 1 aromatic heterocycles. The lowest BCUT2D eigenvalue weighted by Gasteiger charge is -2.08. The summed E-state index contributed by atoms with van der Waals surface area (Å²) in [6.07, 6.45) is 1.95. The summed E-state index contributed by atoms with van der Waals surface area (Å²) in [4.78, 5) is 0. The van der Waals surface area contributed by atoms with Gasteiger partial charge >= 0.3 is 0 Å². The Kier molecular flexibility index (Phi) is 3.44. The van der Waals surface area contributed by atoms with Crippen molar-refractivity contribution in [3.05, 3.63) is 59.8 Å². The maximum atomic E-state index is 5.25. The van der Waals surface area contributed by atoms with Crippen LogP contribution in [0, 0.1) is 13.8 Å². The second kappa shape index (κ2) is 5.40. The number of ether oxygens (including phenoxy) is 1. The molecule has 0 saturated heterocycles. The molecule has 0 fully saturated rings. The Morgan fingerprint density at radius 1 is 1.00 bits per heavy atom. The monoisotopic (exact) mass is 279 g/mol. The number of rotatable bonds is 3. The SMILES string of the molecule is COc1cccc(-c2cn(-c3c(C)cccc3C)nn2)c1. The van der Waals surface area contributed by atoms with Gasteiger partial charge in [0.25, 0.3) is 0 Å². The van der Waals surface area contributed by atoms with E-state index in [2.05, 4.69) is 36.3 Å². The van der Waals surface area contributed by atoms with Gasteiger partial charge in [0.1, 0.15) is 11.4 Å². The molecule has 0 N–H and O–H groups in total. The number of para-hydroxylation sites is 1. The predicted molar refractivity (Wildman–Crippen MR) is 82.8 cm³/mol. The van der Waals surface area contributed by atoms with Crippen LogP contribution in [0.15, 0.2) is 48.7 Å². The van der Waals surface area contributed by atoms with E-state index in [1.165, 1.54) is 11.1 Å². The van der Waals surface area contributed by atoms with Crippen LogP contribution in [0.2, 0.25) is 0 Å². The fourth-order valence-corrected chi connectivity index (χ4v) is 2.45. The molecule has 4 nitrogen and oxygen atoms in total.